The Morgan fingerprint density at radius 1 is 1.67 bits per heavy atom. The molecule has 0 N–H and O–H groups in total. The molecule has 0 heterocycles. The fourth-order valence-electron chi connectivity index (χ4n) is 0. The van der Waals surface area contributed by atoms with Crippen molar-refractivity contribution in [2.24, 2.45) is 5.41 Å². The van der Waals surface area contributed by atoms with Crippen molar-refractivity contribution in [1.29, 1.82) is 0 Å². The van der Waals surface area contributed by atoms with Crippen LogP contribution < -0.4 is 0 Å². The molecule has 0 aliphatic carbocycles. The van der Waals surface area contributed by atoms with Gasteiger partial charge >= 0.3 is 0 Å². The monoisotopic (exact) mass is 105 g/mol. The van der Waals surface area contributed by atoms with Crippen molar-refractivity contribution in [3.63, 3.8) is 0 Å². The summed E-state index contributed by atoms with van der Waals surface area (Å²) in [5, 5.41) is 0. The Labute approximate surface area is 44.5 Å². The zero-order valence-electron chi connectivity index (χ0n) is 4.29. The van der Waals surface area contributed by atoms with Gasteiger partial charge in [-0.1, -0.05) is 13.8 Å². The van der Waals surface area contributed by atoms with E-state index < -0.39 is 0 Å². The summed E-state index contributed by atoms with van der Waals surface area (Å²) in [6.45, 7) is 7.76. The number of rotatable bonds is 1. The molecule has 0 saturated carbocycles. The summed E-state index contributed by atoms with van der Waals surface area (Å²) >= 11 is 5.42. The zero-order chi connectivity index (χ0) is 5.21. The molecule has 0 saturated heterocycles. The molecule has 0 aliphatic rings. The highest BCUT2D eigenvalue weighted by molar-refractivity contribution is 6.18. The topological polar surface area (TPSA) is 0 Å². The highest BCUT2D eigenvalue weighted by atomic mass is 35.5. The normalized spacial score (nSPS) is 12.0. The maximum absolute atomic E-state index is 5.42. The number of halogens is 1. The molecule has 0 spiro atoms. The summed E-state index contributed by atoms with van der Waals surface area (Å²) in [6, 6.07) is 0. The van der Waals surface area contributed by atoms with Crippen molar-refractivity contribution in [3.05, 3.63) is 6.92 Å². The Kier molecular flexibility index (Phi) is 1.92. The van der Waals surface area contributed by atoms with Crippen LogP contribution in [0.1, 0.15) is 13.8 Å². The molecule has 0 aromatic rings. The van der Waals surface area contributed by atoms with Gasteiger partial charge in [0, 0.05) is 5.88 Å². The van der Waals surface area contributed by atoms with Crippen molar-refractivity contribution >= 4 is 11.6 Å². The van der Waals surface area contributed by atoms with E-state index in [9.17, 15) is 0 Å². The fourth-order valence-corrected chi connectivity index (χ4v) is 0. The molecule has 0 aliphatic heterocycles. The Morgan fingerprint density at radius 3 is 1.83 bits per heavy atom. The first-order valence-electron chi connectivity index (χ1n) is 1.97. The molecule has 0 atom stereocenters. The first kappa shape index (κ1) is 6.29. The molecular formula is C5H10Cl. The average molecular weight is 106 g/mol. The largest absolute Gasteiger partial charge is 0.126 e. The maximum atomic E-state index is 5.42. The van der Waals surface area contributed by atoms with Gasteiger partial charge in [-0.25, -0.2) is 0 Å². The third-order valence-electron chi connectivity index (χ3n) is 0.362. The van der Waals surface area contributed by atoms with Crippen LogP contribution in [0.3, 0.4) is 0 Å². The Balaban J connectivity index is 3.17. The van der Waals surface area contributed by atoms with Crippen LogP contribution in [0.15, 0.2) is 0 Å². The Morgan fingerprint density at radius 2 is 1.83 bits per heavy atom. The summed E-state index contributed by atoms with van der Waals surface area (Å²) < 4.78 is 0. The van der Waals surface area contributed by atoms with Crippen molar-refractivity contribution in [2.75, 3.05) is 5.88 Å². The molecule has 0 aromatic heterocycles. The first-order valence-corrected chi connectivity index (χ1v) is 2.51. The molecule has 0 rings (SSSR count). The minimum absolute atomic E-state index is 0.0571. The van der Waals surface area contributed by atoms with Gasteiger partial charge in [-0.05, 0) is 12.3 Å². The fraction of sp³-hybridized carbons (Fsp3) is 0.800. The van der Waals surface area contributed by atoms with Gasteiger partial charge in [0.2, 0.25) is 0 Å². The van der Waals surface area contributed by atoms with Crippen LogP contribution in [0.4, 0.5) is 0 Å². The van der Waals surface area contributed by atoms with Crippen LogP contribution in [-0.4, -0.2) is 5.88 Å². The number of hydrogen-bond acceptors (Lipinski definition) is 0. The van der Waals surface area contributed by atoms with Crippen molar-refractivity contribution in [3.8, 4) is 0 Å². The molecule has 37 valence electrons. The summed E-state index contributed by atoms with van der Waals surface area (Å²) in [7, 11) is 0. The Bertz CT molecular complexity index is 33.7. The van der Waals surface area contributed by atoms with E-state index in [1.165, 1.54) is 0 Å². The van der Waals surface area contributed by atoms with E-state index in [0.29, 0.717) is 5.88 Å². The predicted octanol–water partition coefficient (Wildman–Crippen LogP) is 2.09. The molecule has 1 heteroatoms. The second-order valence-corrected chi connectivity index (χ2v) is 2.57. The number of hydrogen-bond donors (Lipinski definition) is 0. The van der Waals surface area contributed by atoms with E-state index >= 15 is 0 Å². The predicted molar refractivity (Wildman–Crippen MR) is 29.9 cm³/mol. The standard InChI is InChI=1S/C5H10Cl/c1-5(2,3)4-6/h1,4H2,2-3H3. The lowest BCUT2D eigenvalue weighted by Crippen LogP contribution is -2.05. The number of alkyl halides is 1. The molecule has 6 heavy (non-hydrogen) atoms. The molecule has 0 amide bonds. The van der Waals surface area contributed by atoms with Gasteiger partial charge in [0.25, 0.3) is 0 Å². The lowest BCUT2D eigenvalue weighted by atomic mass is 10.0. The first-order chi connectivity index (χ1) is 2.56. The van der Waals surface area contributed by atoms with E-state index in [1.54, 1.807) is 0 Å². The van der Waals surface area contributed by atoms with Gasteiger partial charge in [-0.2, -0.15) is 0 Å². The SMILES string of the molecule is [CH2]C(C)(C)CCl. The molecule has 0 unspecified atom stereocenters. The van der Waals surface area contributed by atoms with Crippen LogP contribution >= 0.6 is 11.6 Å². The van der Waals surface area contributed by atoms with Crippen LogP contribution in [0, 0.1) is 12.3 Å². The minimum atomic E-state index is 0.0571. The molecule has 0 nitrogen and oxygen atoms in total. The van der Waals surface area contributed by atoms with Gasteiger partial charge in [0.05, 0.1) is 0 Å². The summed E-state index contributed by atoms with van der Waals surface area (Å²) in [4.78, 5) is 0. The van der Waals surface area contributed by atoms with Gasteiger partial charge in [-0.3, -0.25) is 0 Å². The highest BCUT2D eigenvalue weighted by Crippen LogP contribution is 2.12. The smallest absolute Gasteiger partial charge is 0.0274 e. The van der Waals surface area contributed by atoms with E-state index in [-0.39, 0.29) is 5.41 Å². The minimum Gasteiger partial charge on any atom is -0.126 e. The second-order valence-electron chi connectivity index (χ2n) is 2.30. The van der Waals surface area contributed by atoms with Crippen LogP contribution in [-0.2, 0) is 0 Å². The second kappa shape index (κ2) is 1.83. The van der Waals surface area contributed by atoms with E-state index in [4.69, 9.17) is 11.6 Å². The van der Waals surface area contributed by atoms with Crippen LogP contribution in [0.2, 0.25) is 0 Å². The quantitative estimate of drug-likeness (QED) is 0.448. The van der Waals surface area contributed by atoms with Crippen LogP contribution in [0.25, 0.3) is 0 Å². The molecule has 0 fully saturated rings. The summed E-state index contributed by atoms with van der Waals surface area (Å²) in [6.07, 6.45) is 0. The molecular weight excluding hydrogens is 95.5 g/mol. The van der Waals surface area contributed by atoms with Crippen LogP contribution in [0.5, 0.6) is 0 Å². The zero-order valence-corrected chi connectivity index (χ0v) is 5.05. The van der Waals surface area contributed by atoms with Gasteiger partial charge < -0.3 is 0 Å². The third kappa shape index (κ3) is 4.29. The molecule has 0 aromatic carbocycles. The third-order valence-corrected chi connectivity index (χ3v) is 1.09. The van der Waals surface area contributed by atoms with Crippen molar-refractivity contribution < 1.29 is 0 Å². The molecule has 0 bridgehead atoms. The molecule has 1 radical (unpaired) electrons. The van der Waals surface area contributed by atoms with Crippen molar-refractivity contribution in [1.82, 2.24) is 0 Å². The van der Waals surface area contributed by atoms with Crippen molar-refractivity contribution in [2.45, 2.75) is 13.8 Å². The lowest BCUT2D eigenvalue weighted by molar-refractivity contribution is 0.547. The summed E-state index contributed by atoms with van der Waals surface area (Å²) in [5.74, 6) is 0.632. The average Bonchev–Trinajstić information content (AvgIpc) is 1.35. The maximum Gasteiger partial charge on any atom is 0.0274 e. The summed E-state index contributed by atoms with van der Waals surface area (Å²) in [5.41, 5.74) is 0.0571. The highest BCUT2D eigenvalue weighted by Gasteiger charge is 2.05. The van der Waals surface area contributed by atoms with E-state index in [0.717, 1.165) is 0 Å². The Hall–Kier alpha value is 0.290. The van der Waals surface area contributed by atoms with E-state index in [1.807, 2.05) is 13.8 Å². The lowest BCUT2D eigenvalue weighted by Gasteiger charge is -2.10. The van der Waals surface area contributed by atoms with Gasteiger partial charge in [0.15, 0.2) is 0 Å². The van der Waals surface area contributed by atoms with Gasteiger partial charge in [0.1, 0.15) is 0 Å². The van der Waals surface area contributed by atoms with Gasteiger partial charge in [-0.15, -0.1) is 11.6 Å². The van der Waals surface area contributed by atoms with E-state index in [2.05, 4.69) is 6.92 Å².